The van der Waals surface area contributed by atoms with E-state index >= 15 is 0 Å². The summed E-state index contributed by atoms with van der Waals surface area (Å²) in [6.45, 7) is 0. The van der Waals surface area contributed by atoms with E-state index in [0.717, 1.165) is 17.0 Å². The van der Waals surface area contributed by atoms with Crippen LogP contribution in [0.1, 0.15) is 17.0 Å². The molecule has 3 nitrogen and oxygen atoms in total. The van der Waals surface area contributed by atoms with E-state index in [1.807, 2.05) is 24.4 Å². The summed E-state index contributed by atoms with van der Waals surface area (Å²) in [6, 6.07) is 12.3. The second-order valence-electron chi connectivity index (χ2n) is 4.56. The second kappa shape index (κ2) is 4.99. The predicted molar refractivity (Wildman–Crippen MR) is 78.0 cm³/mol. The minimum absolute atomic E-state index is 0.543. The lowest BCUT2D eigenvalue weighted by Crippen LogP contribution is -2.40. The number of hydrogen-bond donors (Lipinski definition) is 2. The second-order valence-corrected chi connectivity index (χ2v) is 5.34. The summed E-state index contributed by atoms with van der Waals surface area (Å²) in [6.07, 6.45) is 4.24. The number of nitrogens with zero attached hydrogens (tertiary/aromatic N) is 1. The highest BCUT2D eigenvalue weighted by molar-refractivity contribution is 7.08. The van der Waals surface area contributed by atoms with Crippen LogP contribution in [-0.2, 0) is 12.0 Å². The first kappa shape index (κ1) is 12.1. The maximum atomic E-state index is 6.72. The van der Waals surface area contributed by atoms with Gasteiger partial charge in [-0.05, 0) is 28.0 Å². The average molecular weight is 269 g/mol. The van der Waals surface area contributed by atoms with Gasteiger partial charge in [0.25, 0.3) is 0 Å². The maximum absolute atomic E-state index is 6.72. The Balaban J connectivity index is 2.05. The summed E-state index contributed by atoms with van der Waals surface area (Å²) in [4.78, 5) is 7.44. The third-order valence-corrected chi connectivity index (χ3v) is 4.01. The molecule has 3 aromatic rings. The largest absolute Gasteiger partial charge is 0.349 e. The van der Waals surface area contributed by atoms with Crippen LogP contribution in [-0.4, -0.2) is 9.97 Å². The summed E-state index contributed by atoms with van der Waals surface area (Å²) in [5.41, 5.74) is 8.41. The molecule has 0 aliphatic heterocycles. The third-order valence-electron chi connectivity index (χ3n) is 3.33. The van der Waals surface area contributed by atoms with Gasteiger partial charge in [0.05, 0.1) is 5.54 Å². The Bertz CT molecular complexity index is 617. The van der Waals surface area contributed by atoms with Gasteiger partial charge in [-0.1, -0.05) is 30.3 Å². The van der Waals surface area contributed by atoms with Crippen molar-refractivity contribution in [3.8, 4) is 0 Å². The van der Waals surface area contributed by atoms with Gasteiger partial charge in [0.2, 0.25) is 0 Å². The van der Waals surface area contributed by atoms with Crippen LogP contribution in [0, 0.1) is 0 Å². The molecule has 0 aliphatic rings. The zero-order valence-corrected chi connectivity index (χ0v) is 11.2. The highest BCUT2D eigenvalue weighted by Crippen LogP contribution is 2.31. The van der Waals surface area contributed by atoms with Crippen molar-refractivity contribution >= 4 is 11.3 Å². The van der Waals surface area contributed by atoms with Crippen LogP contribution < -0.4 is 5.73 Å². The van der Waals surface area contributed by atoms with Crippen molar-refractivity contribution in [1.82, 2.24) is 9.97 Å². The molecule has 3 rings (SSSR count). The number of aromatic amines is 1. The molecule has 0 aliphatic carbocycles. The summed E-state index contributed by atoms with van der Waals surface area (Å²) in [5, 5.41) is 4.16. The van der Waals surface area contributed by atoms with Crippen molar-refractivity contribution in [3.05, 3.63) is 76.5 Å². The number of benzene rings is 1. The monoisotopic (exact) mass is 269 g/mol. The molecule has 3 N–H and O–H groups in total. The Morgan fingerprint density at radius 1 is 1.16 bits per heavy atom. The molecule has 1 unspecified atom stereocenters. The van der Waals surface area contributed by atoms with Gasteiger partial charge in [-0.3, -0.25) is 0 Å². The highest BCUT2D eigenvalue weighted by Gasteiger charge is 2.31. The van der Waals surface area contributed by atoms with Gasteiger partial charge in [0.1, 0.15) is 5.82 Å². The molecule has 0 saturated heterocycles. The lowest BCUT2D eigenvalue weighted by molar-refractivity contribution is 0.523. The van der Waals surface area contributed by atoms with Crippen molar-refractivity contribution in [2.75, 3.05) is 0 Å². The molecule has 0 saturated carbocycles. The molecule has 0 radical (unpaired) electrons. The van der Waals surface area contributed by atoms with E-state index in [9.17, 15) is 0 Å². The van der Waals surface area contributed by atoms with Gasteiger partial charge in [-0.2, -0.15) is 11.3 Å². The van der Waals surface area contributed by atoms with Crippen LogP contribution in [0.25, 0.3) is 0 Å². The predicted octanol–water partition coefficient (Wildman–Crippen LogP) is 2.92. The molecule has 96 valence electrons. The van der Waals surface area contributed by atoms with E-state index in [1.165, 1.54) is 0 Å². The Labute approximate surface area is 116 Å². The third kappa shape index (κ3) is 2.32. The molecule has 19 heavy (non-hydrogen) atoms. The maximum Gasteiger partial charge on any atom is 0.108 e. The minimum atomic E-state index is -0.543. The SMILES string of the molecule is NC(Cc1ncc[nH]1)(c1ccccc1)c1ccsc1. The molecule has 2 aromatic heterocycles. The van der Waals surface area contributed by atoms with Gasteiger partial charge in [-0.25, -0.2) is 4.98 Å². The number of thiophene rings is 1. The van der Waals surface area contributed by atoms with Crippen LogP contribution in [0.3, 0.4) is 0 Å². The van der Waals surface area contributed by atoms with Gasteiger partial charge < -0.3 is 10.7 Å². The van der Waals surface area contributed by atoms with E-state index in [4.69, 9.17) is 5.73 Å². The standard InChI is InChI=1S/C15H15N3S/c16-15(13-6-9-19-11-13,10-14-17-7-8-18-14)12-4-2-1-3-5-12/h1-9,11H,10,16H2,(H,17,18). The Hall–Kier alpha value is -1.91. The first-order valence-electron chi connectivity index (χ1n) is 6.14. The summed E-state index contributed by atoms with van der Waals surface area (Å²) in [5.74, 6) is 0.901. The first-order chi connectivity index (χ1) is 9.29. The van der Waals surface area contributed by atoms with Gasteiger partial charge >= 0.3 is 0 Å². The Morgan fingerprint density at radius 2 is 2.00 bits per heavy atom. The van der Waals surface area contributed by atoms with Crippen molar-refractivity contribution in [3.63, 3.8) is 0 Å². The molecule has 0 amide bonds. The zero-order chi connectivity index (χ0) is 13.1. The number of nitrogens with two attached hydrogens (primary N) is 1. The van der Waals surface area contributed by atoms with Crippen LogP contribution in [0.15, 0.2) is 59.6 Å². The molecule has 4 heteroatoms. The fraction of sp³-hybridized carbons (Fsp3) is 0.133. The van der Waals surface area contributed by atoms with Crippen LogP contribution in [0.4, 0.5) is 0 Å². The molecule has 0 spiro atoms. The molecular weight excluding hydrogens is 254 g/mol. The number of hydrogen-bond acceptors (Lipinski definition) is 3. The highest BCUT2D eigenvalue weighted by atomic mass is 32.1. The number of nitrogens with one attached hydrogen (secondary N) is 1. The summed E-state index contributed by atoms with van der Waals surface area (Å²) < 4.78 is 0. The van der Waals surface area contributed by atoms with Crippen molar-refractivity contribution < 1.29 is 0 Å². The smallest absolute Gasteiger partial charge is 0.108 e. The lowest BCUT2D eigenvalue weighted by atomic mass is 9.82. The lowest BCUT2D eigenvalue weighted by Gasteiger charge is -2.29. The van der Waals surface area contributed by atoms with Gasteiger partial charge in [-0.15, -0.1) is 0 Å². The Morgan fingerprint density at radius 3 is 2.63 bits per heavy atom. The summed E-state index contributed by atoms with van der Waals surface area (Å²) in [7, 11) is 0. The van der Waals surface area contributed by atoms with Gasteiger partial charge in [0.15, 0.2) is 0 Å². The van der Waals surface area contributed by atoms with Crippen molar-refractivity contribution in [2.45, 2.75) is 12.0 Å². The fourth-order valence-corrected chi connectivity index (χ4v) is 3.02. The molecule has 1 aromatic carbocycles. The number of aromatic nitrogens is 2. The number of rotatable bonds is 4. The van der Waals surface area contributed by atoms with E-state index in [-0.39, 0.29) is 0 Å². The van der Waals surface area contributed by atoms with Crippen LogP contribution in [0.2, 0.25) is 0 Å². The minimum Gasteiger partial charge on any atom is -0.349 e. The molecular formula is C15H15N3S. The number of imidazole rings is 1. The van der Waals surface area contributed by atoms with Crippen molar-refractivity contribution in [1.29, 1.82) is 0 Å². The Kier molecular flexibility index (Phi) is 3.19. The normalized spacial score (nSPS) is 14.2. The quantitative estimate of drug-likeness (QED) is 0.765. The van der Waals surface area contributed by atoms with E-state index < -0.39 is 5.54 Å². The van der Waals surface area contributed by atoms with E-state index in [0.29, 0.717) is 6.42 Å². The van der Waals surface area contributed by atoms with Crippen molar-refractivity contribution in [2.24, 2.45) is 5.73 Å². The molecule has 0 bridgehead atoms. The first-order valence-corrected chi connectivity index (χ1v) is 7.09. The topological polar surface area (TPSA) is 54.7 Å². The van der Waals surface area contributed by atoms with E-state index in [1.54, 1.807) is 17.5 Å². The zero-order valence-electron chi connectivity index (χ0n) is 10.4. The molecule has 0 fully saturated rings. The van der Waals surface area contributed by atoms with Gasteiger partial charge in [0, 0.05) is 18.8 Å². The van der Waals surface area contributed by atoms with E-state index in [2.05, 4.69) is 38.9 Å². The van der Waals surface area contributed by atoms with Crippen LogP contribution in [0.5, 0.6) is 0 Å². The fourth-order valence-electron chi connectivity index (χ4n) is 2.28. The summed E-state index contributed by atoms with van der Waals surface area (Å²) >= 11 is 1.66. The average Bonchev–Trinajstić information content (AvgIpc) is 3.12. The molecule has 2 heterocycles. The number of H-pyrrole nitrogens is 1. The van der Waals surface area contributed by atoms with Crippen LogP contribution >= 0.6 is 11.3 Å². The molecule has 1 atom stereocenters.